The molecule has 2 aliphatic heterocycles. The van der Waals surface area contributed by atoms with Crippen molar-refractivity contribution >= 4 is 23.4 Å². The molecule has 0 aromatic heterocycles. The number of carbonyl (C=O) groups is 1. The fourth-order valence-corrected chi connectivity index (χ4v) is 4.51. The van der Waals surface area contributed by atoms with Crippen LogP contribution in [0.3, 0.4) is 0 Å². The summed E-state index contributed by atoms with van der Waals surface area (Å²) in [6, 6.07) is 10.6. The van der Waals surface area contributed by atoms with Crippen LogP contribution in [-0.4, -0.2) is 32.3 Å². The van der Waals surface area contributed by atoms with Gasteiger partial charge in [0.05, 0.1) is 11.3 Å². The second-order valence-electron chi connectivity index (χ2n) is 7.00. The molecule has 2 aromatic carbocycles. The Hall–Kier alpha value is -2.09. The van der Waals surface area contributed by atoms with Crippen molar-refractivity contribution in [1.82, 2.24) is 0 Å². The van der Waals surface area contributed by atoms with E-state index in [1.54, 1.807) is 26.2 Å². The molecule has 0 saturated carbocycles. The van der Waals surface area contributed by atoms with Gasteiger partial charge in [-0.1, -0.05) is 11.8 Å². The van der Waals surface area contributed by atoms with E-state index < -0.39 is 11.7 Å². The monoisotopic (exact) mass is 403 g/mol. The largest absolute Gasteiger partial charge is 0.479 e. The van der Waals surface area contributed by atoms with Crippen molar-refractivity contribution < 1.29 is 23.4 Å². The van der Waals surface area contributed by atoms with Gasteiger partial charge >= 0.3 is 0 Å². The Bertz CT molecular complexity index is 898. The molecule has 1 saturated heterocycles. The zero-order valence-corrected chi connectivity index (χ0v) is 16.6. The summed E-state index contributed by atoms with van der Waals surface area (Å²) in [5, 5.41) is 2.81. The summed E-state index contributed by atoms with van der Waals surface area (Å²) >= 11 is 1.44. The number of halogens is 1. The van der Waals surface area contributed by atoms with Crippen molar-refractivity contribution in [2.45, 2.75) is 41.3 Å². The number of fused-ring (bicyclic) bond motifs is 1. The lowest BCUT2D eigenvalue weighted by molar-refractivity contribution is -0.122. The van der Waals surface area contributed by atoms with E-state index in [0.29, 0.717) is 37.5 Å². The van der Waals surface area contributed by atoms with Gasteiger partial charge in [0.25, 0.3) is 5.91 Å². The number of ether oxygens (including phenoxy) is 3. The molecule has 0 spiro atoms. The van der Waals surface area contributed by atoms with Crippen LogP contribution in [0.15, 0.2) is 46.2 Å². The van der Waals surface area contributed by atoms with Crippen LogP contribution in [0.5, 0.6) is 5.75 Å². The average molecular weight is 403 g/mol. The lowest BCUT2D eigenvalue weighted by Crippen LogP contribution is -2.35. The molecule has 1 atom stereocenters. The van der Waals surface area contributed by atoms with Crippen LogP contribution in [0.25, 0.3) is 0 Å². The molecule has 4 rings (SSSR count). The van der Waals surface area contributed by atoms with Crippen molar-refractivity contribution in [3.05, 3.63) is 47.8 Å². The van der Waals surface area contributed by atoms with E-state index >= 15 is 0 Å². The van der Waals surface area contributed by atoms with Gasteiger partial charge < -0.3 is 19.5 Å². The predicted molar refractivity (Wildman–Crippen MR) is 104 cm³/mol. The fraction of sp³-hybridized carbons (Fsp3) is 0.381. The summed E-state index contributed by atoms with van der Waals surface area (Å²) in [5.74, 6) is 0.161. The molecule has 2 aliphatic rings. The smallest absolute Gasteiger partial charge is 0.265 e. The summed E-state index contributed by atoms with van der Waals surface area (Å²) < 4.78 is 31.3. The number of hydrogen-bond donors (Lipinski definition) is 1. The molecular formula is C21H22FNO4S. The van der Waals surface area contributed by atoms with Crippen molar-refractivity contribution in [3.63, 3.8) is 0 Å². The minimum atomic E-state index is -0.538. The first-order valence-corrected chi connectivity index (χ1v) is 10.0. The number of nitrogens with one attached hydrogen (secondary N) is 1. The Morgan fingerprint density at radius 2 is 1.96 bits per heavy atom. The van der Waals surface area contributed by atoms with Crippen LogP contribution in [0.4, 0.5) is 10.1 Å². The lowest BCUT2D eigenvalue weighted by atomic mass is 9.86. The Balaban J connectivity index is 1.61. The van der Waals surface area contributed by atoms with Gasteiger partial charge in [0.2, 0.25) is 0 Å². The third kappa shape index (κ3) is 3.74. The van der Waals surface area contributed by atoms with Crippen LogP contribution in [0, 0.1) is 5.82 Å². The molecule has 148 valence electrons. The molecule has 2 heterocycles. The molecule has 28 heavy (non-hydrogen) atoms. The van der Waals surface area contributed by atoms with E-state index in [1.165, 1.54) is 17.8 Å². The van der Waals surface area contributed by atoms with Crippen LogP contribution in [-0.2, 0) is 19.9 Å². The van der Waals surface area contributed by atoms with Crippen LogP contribution in [0.1, 0.15) is 25.3 Å². The second-order valence-corrected chi connectivity index (χ2v) is 8.14. The summed E-state index contributed by atoms with van der Waals surface area (Å²) in [6.07, 6.45) is 0.853. The first kappa shape index (κ1) is 19.2. The van der Waals surface area contributed by atoms with Crippen LogP contribution in [0.2, 0.25) is 0 Å². The van der Waals surface area contributed by atoms with Gasteiger partial charge in [0, 0.05) is 43.0 Å². The zero-order valence-electron chi connectivity index (χ0n) is 15.8. The molecule has 0 bridgehead atoms. The van der Waals surface area contributed by atoms with Crippen molar-refractivity contribution in [2.75, 3.05) is 25.6 Å². The number of hydrogen-bond acceptors (Lipinski definition) is 5. The minimum Gasteiger partial charge on any atom is -0.479 e. The number of methoxy groups -OCH3 is 1. The fourth-order valence-electron chi connectivity index (χ4n) is 3.58. The van der Waals surface area contributed by atoms with Gasteiger partial charge in [-0.05, 0) is 48.9 Å². The number of benzene rings is 2. The van der Waals surface area contributed by atoms with E-state index in [1.807, 2.05) is 18.2 Å². The van der Waals surface area contributed by atoms with E-state index in [2.05, 4.69) is 5.32 Å². The van der Waals surface area contributed by atoms with Crippen LogP contribution < -0.4 is 10.1 Å². The maximum Gasteiger partial charge on any atom is 0.265 e. The van der Waals surface area contributed by atoms with Crippen molar-refractivity contribution in [2.24, 2.45) is 0 Å². The van der Waals surface area contributed by atoms with Crippen LogP contribution >= 0.6 is 11.8 Å². The Morgan fingerprint density at radius 1 is 1.18 bits per heavy atom. The minimum absolute atomic E-state index is 0.163. The Morgan fingerprint density at radius 3 is 2.71 bits per heavy atom. The third-order valence-electron chi connectivity index (χ3n) is 5.21. The molecule has 2 aromatic rings. The molecule has 1 amide bonds. The molecule has 0 unspecified atom stereocenters. The molecule has 5 nitrogen and oxygen atoms in total. The van der Waals surface area contributed by atoms with E-state index in [9.17, 15) is 9.18 Å². The highest BCUT2D eigenvalue weighted by Gasteiger charge is 2.35. The second kappa shape index (κ2) is 7.73. The predicted octanol–water partition coefficient (Wildman–Crippen LogP) is 4.35. The van der Waals surface area contributed by atoms with Crippen molar-refractivity contribution in [1.29, 1.82) is 0 Å². The highest BCUT2D eigenvalue weighted by molar-refractivity contribution is 7.99. The quantitative estimate of drug-likeness (QED) is 0.823. The normalized spacial score (nSPS) is 20.8. The van der Waals surface area contributed by atoms with Gasteiger partial charge in [-0.3, -0.25) is 4.79 Å². The zero-order chi connectivity index (χ0) is 19.7. The number of anilines is 1. The van der Waals surface area contributed by atoms with Gasteiger partial charge in [-0.2, -0.15) is 0 Å². The lowest BCUT2D eigenvalue weighted by Gasteiger charge is -2.36. The molecule has 1 N–H and O–H groups in total. The standard InChI is InChI=1S/C21H22FNO4S/c1-13-20(24)23-18-4-3-16(12-19(18)27-13)28-17-10-14(9-15(22)11-17)21(25-2)5-7-26-8-6-21/h3-4,9-13H,5-8H2,1-2H3,(H,23,24)/t13-/m1/s1. The first-order chi connectivity index (χ1) is 13.5. The van der Waals surface area contributed by atoms with Gasteiger partial charge in [-0.25, -0.2) is 4.39 Å². The van der Waals surface area contributed by atoms with Gasteiger partial charge in [-0.15, -0.1) is 0 Å². The molecule has 7 heteroatoms. The summed E-state index contributed by atoms with van der Waals surface area (Å²) in [7, 11) is 1.67. The average Bonchev–Trinajstić information content (AvgIpc) is 2.69. The molecule has 0 aliphatic carbocycles. The highest BCUT2D eigenvalue weighted by Crippen LogP contribution is 2.40. The molecular weight excluding hydrogens is 381 g/mol. The molecule has 1 fully saturated rings. The van der Waals surface area contributed by atoms with Gasteiger partial charge in [0.1, 0.15) is 11.6 Å². The highest BCUT2D eigenvalue weighted by atomic mass is 32.2. The topological polar surface area (TPSA) is 56.8 Å². The number of amides is 1. The SMILES string of the molecule is COC1(c2cc(F)cc(Sc3ccc4c(c3)O[C@H](C)C(=O)N4)c2)CCOCC1. The van der Waals surface area contributed by atoms with E-state index in [0.717, 1.165) is 15.4 Å². The third-order valence-corrected chi connectivity index (χ3v) is 6.17. The first-order valence-electron chi connectivity index (χ1n) is 9.22. The van der Waals surface area contributed by atoms with E-state index in [4.69, 9.17) is 14.2 Å². The summed E-state index contributed by atoms with van der Waals surface area (Å²) in [4.78, 5) is 13.4. The summed E-state index contributed by atoms with van der Waals surface area (Å²) in [6.45, 7) is 2.90. The Kier molecular flexibility index (Phi) is 5.31. The van der Waals surface area contributed by atoms with E-state index in [-0.39, 0.29) is 11.7 Å². The molecule has 0 radical (unpaired) electrons. The van der Waals surface area contributed by atoms with Crippen molar-refractivity contribution in [3.8, 4) is 5.75 Å². The van der Waals surface area contributed by atoms with Gasteiger partial charge in [0.15, 0.2) is 6.10 Å². The maximum absolute atomic E-state index is 14.4. The maximum atomic E-state index is 14.4. The Labute approximate surface area is 167 Å². The number of rotatable bonds is 4. The summed E-state index contributed by atoms with van der Waals surface area (Å²) in [5.41, 5.74) is 0.956. The number of carbonyl (C=O) groups excluding carboxylic acids is 1.